The third-order valence-corrected chi connectivity index (χ3v) is 3.48. The minimum Gasteiger partial charge on any atom is -0.385 e. The van der Waals surface area contributed by atoms with Crippen molar-refractivity contribution in [2.45, 2.75) is 32.4 Å². The number of carbonyl (C=O) groups excluding carboxylic acids is 1. The molecule has 1 aliphatic heterocycles. The third kappa shape index (κ3) is 3.13. The number of methoxy groups -OCH3 is 1. The number of primary amides is 1. The van der Waals surface area contributed by atoms with Crippen molar-refractivity contribution in [3.05, 3.63) is 17.2 Å². The highest BCUT2D eigenvalue weighted by atomic mass is 16.5. The van der Waals surface area contributed by atoms with Gasteiger partial charge in [0.1, 0.15) is 5.82 Å². The van der Waals surface area contributed by atoms with E-state index in [1.807, 2.05) is 0 Å². The van der Waals surface area contributed by atoms with E-state index in [-0.39, 0.29) is 0 Å². The van der Waals surface area contributed by atoms with E-state index in [0.29, 0.717) is 12.3 Å². The van der Waals surface area contributed by atoms with Gasteiger partial charge in [-0.1, -0.05) is 0 Å². The highest BCUT2D eigenvalue weighted by Crippen LogP contribution is 2.19. The Balaban J connectivity index is 2.29. The Kier molecular flexibility index (Phi) is 4.55. The lowest BCUT2D eigenvalue weighted by Crippen LogP contribution is -2.21. The van der Waals surface area contributed by atoms with Gasteiger partial charge in [0, 0.05) is 33.2 Å². The molecule has 0 spiro atoms. The first-order valence-electron chi connectivity index (χ1n) is 6.69. The van der Waals surface area contributed by atoms with Gasteiger partial charge in [-0.25, -0.2) is 4.98 Å². The molecular formula is C13H22N4O2. The third-order valence-electron chi connectivity index (χ3n) is 3.48. The lowest BCUT2D eigenvalue weighted by Gasteiger charge is -2.12. The Morgan fingerprint density at radius 1 is 1.47 bits per heavy atom. The van der Waals surface area contributed by atoms with Crippen LogP contribution >= 0.6 is 0 Å². The molecule has 0 atom stereocenters. The quantitative estimate of drug-likeness (QED) is 0.783. The molecule has 6 nitrogen and oxygen atoms in total. The van der Waals surface area contributed by atoms with Gasteiger partial charge in [0.25, 0.3) is 5.91 Å². The summed E-state index contributed by atoms with van der Waals surface area (Å²) in [6.45, 7) is 3.36. The summed E-state index contributed by atoms with van der Waals surface area (Å²) in [4.78, 5) is 18.2. The van der Waals surface area contributed by atoms with Gasteiger partial charge < -0.3 is 19.9 Å². The largest absolute Gasteiger partial charge is 0.385 e. The Hall–Kier alpha value is -1.40. The van der Waals surface area contributed by atoms with Crippen LogP contribution in [0.5, 0.6) is 0 Å². The molecule has 1 aromatic rings. The van der Waals surface area contributed by atoms with E-state index in [2.05, 4.69) is 21.5 Å². The van der Waals surface area contributed by atoms with Crippen molar-refractivity contribution in [1.82, 2.24) is 14.5 Å². The van der Waals surface area contributed by atoms with Crippen molar-refractivity contribution < 1.29 is 9.53 Å². The van der Waals surface area contributed by atoms with Crippen LogP contribution in [0.15, 0.2) is 0 Å². The number of ether oxygens (including phenoxy) is 1. The van der Waals surface area contributed by atoms with E-state index in [9.17, 15) is 4.79 Å². The van der Waals surface area contributed by atoms with Gasteiger partial charge >= 0.3 is 0 Å². The number of aryl methyl sites for hydroxylation is 1. The van der Waals surface area contributed by atoms with Crippen LogP contribution < -0.4 is 5.73 Å². The van der Waals surface area contributed by atoms with E-state index in [1.165, 1.54) is 0 Å². The number of hydrogen-bond donors (Lipinski definition) is 1. The summed E-state index contributed by atoms with van der Waals surface area (Å²) in [5.74, 6) is 0.521. The molecule has 0 unspecified atom stereocenters. The van der Waals surface area contributed by atoms with E-state index in [1.54, 1.807) is 7.11 Å². The summed E-state index contributed by atoms with van der Waals surface area (Å²) < 4.78 is 7.23. The molecule has 0 aromatic carbocycles. The highest BCUT2D eigenvalue weighted by Gasteiger charge is 2.23. The monoisotopic (exact) mass is 266 g/mol. The topological polar surface area (TPSA) is 73.4 Å². The molecule has 0 saturated carbocycles. The summed E-state index contributed by atoms with van der Waals surface area (Å²) in [6, 6.07) is 0. The predicted molar refractivity (Wildman–Crippen MR) is 71.9 cm³/mol. The number of nitrogens with two attached hydrogens (primary N) is 1. The second kappa shape index (κ2) is 6.16. The first-order chi connectivity index (χ1) is 9.13. The van der Waals surface area contributed by atoms with Gasteiger partial charge in [-0.15, -0.1) is 0 Å². The average Bonchev–Trinajstić information content (AvgIpc) is 2.57. The smallest absolute Gasteiger partial charge is 0.269 e. The molecule has 1 amide bonds. The molecule has 0 bridgehead atoms. The van der Waals surface area contributed by atoms with E-state index in [4.69, 9.17) is 10.5 Å². The Morgan fingerprint density at radius 2 is 2.26 bits per heavy atom. The number of amides is 1. The van der Waals surface area contributed by atoms with Crippen molar-refractivity contribution in [3.8, 4) is 0 Å². The van der Waals surface area contributed by atoms with Gasteiger partial charge in [0.05, 0.1) is 5.69 Å². The Labute approximate surface area is 113 Å². The number of fused-ring (bicyclic) bond motifs is 1. The van der Waals surface area contributed by atoms with Crippen molar-refractivity contribution in [2.75, 3.05) is 27.3 Å². The molecule has 0 saturated heterocycles. The molecule has 19 heavy (non-hydrogen) atoms. The van der Waals surface area contributed by atoms with Gasteiger partial charge in [0.2, 0.25) is 0 Å². The van der Waals surface area contributed by atoms with Crippen LogP contribution in [-0.2, 0) is 24.2 Å². The van der Waals surface area contributed by atoms with E-state index >= 15 is 0 Å². The van der Waals surface area contributed by atoms with E-state index < -0.39 is 5.91 Å². The highest BCUT2D eigenvalue weighted by molar-refractivity contribution is 5.92. The molecule has 1 aromatic heterocycles. The molecule has 6 heteroatoms. The first-order valence-corrected chi connectivity index (χ1v) is 6.69. The zero-order valence-electron chi connectivity index (χ0n) is 11.7. The summed E-state index contributed by atoms with van der Waals surface area (Å²) in [5.41, 5.74) is 6.83. The second-order valence-electron chi connectivity index (χ2n) is 5.03. The second-order valence-corrected chi connectivity index (χ2v) is 5.03. The maximum Gasteiger partial charge on any atom is 0.269 e. The molecule has 1 aliphatic rings. The summed E-state index contributed by atoms with van der Waals surface area (Å²) in [6.07, 6.45) is 2.79. The molecule has 0 aliphatic carbocycles. The molecule has 106 valence electrons. The molecule has 2 rings (SSSR count). The molecule has 0 radical (unpaired) electrons. The van der Waals surface area contributed by atoms with Gasteiger partial charge in [-0.2, -0.15) is 0 Å². The van der Waals surface area contributed by atoms with Crippen molar-refractivity contribution >= 4 is 5.91 Å². The minimum absolute atomic E-state index is 0.432. The van der Waals surface area contributed by atoms with Crippen LogP contribution in [0.2, 0.25) is 0 Å². The Bertz CT molecular complexity index is 456. The van der Waals surface area contributed by atoms with Crippen LogP contribution in [0.3, 0.4) is 0 Å². The fraction of sp³-hybridized carbons (Fsp3) is 0.692. The normalized spacial score (nSPS) is 16.1. The first kappa shape index (κ1) is 14.0. The summed E-state index contributed by atoms with van der Waals surface area (Å²) >= 11 is 0. The van der Waals surface area contributed by atoms with Gasteiger partial charge in [-0.05, 0) is 26.4 Å². The van der Waals surface area contributed by atoms with Crippen LogP contribution in [0.1, 0.15) is 34.8 Å². The molecular weight excluding hydrogens is 244 g/mol. The Morgan fingerprint density at radius 3 is 2.95 bits per heavy atom. The van der Waals surface area contributed by atoms with Crippen molar-refractivity contribution in [3.63, 3.8) is 0 Å². The fourth-order valence-electron chi connectivity index (χ4n) is 2.56. The van der Waals surface area contributed by atoms with Crippen LogP contribution in [-0.4, -0.2) is 47.7 Å². The molecule has 2 N–H and O–H groups in total. The number of carbonyl (C=O) groups is 1. The number of rotatable bonds is 5. The summed E-state index contributed by atoms with van der Waals surface area (Å²) in [7, 11) is 3.74. The standard InChI is InChI=1S/C13H22N4O2/c1-16-6-4-7-17-10(9-16)12(13(14)18)15-11(17)5-3-8-19-2/h3-9H2,1-2H3,(H2,14,18). The number of aromatic nitrogens is 2. The van der Waals surface area contributed by atoms with Crippen LogP contribution in [0.25, 0.3) is 0 Å². The SMILES string of the molecule is COCCCc1nc(C(N)=O)c2n1CCCN(C)C2. The minimum atomic E-state index is -0.433. The van der Waals surface area contributed by atoms with Crippen molar-refractivity contribution in [1.29, 1.82) is 0 Å². The molecule has 2 heterocycles. The van der Waals surface area contributed by atoms with E-state index in [0.717, 1.165) is 50.4 Å². The molecule has 0 fully saturated rings. The lowest BCUT2D eigenvalue weighted by atomic mass is 10.3. The van der Waals surface area contributed by atoms with Crippen LogP contribution in [0, 0.1) is 0 Å². The van der Waals surface area contributed by atoms with Gasteiger partial charge in [0.15, 0.2) is 5.69 Å². The van der Waals surface area contributed by atoms with Crippen molar-refractivity contribution in [2.24, 2.45) is 5.73 Å². The number of imidazole rings is 1. The number of nitrogens with zero attached hydrogens (tertiary/aromatic N) is 3. The maximum absolute atomic E-state index is 11.5. The van der Waals surface area contributed by atoms with Gasteiger partial charge in [-0.3, -0.25) is 4.79 Å². The fourth-order valence-corrected chi connectivity index (χ4v) is 2.56. The number of hydrogen-bond acceptors (Lipinski definition) is 4. The maximum atomic E-state index is 11.5. The lowest BCUT2D eigenvalue weighted by molar-refractivity contribution is 0.0994. The zero-order chi connectivity index (χ0) is 13.8. The summed E-state index contributed by atoms with van der Waals surface area (Å²) in [5, 5.41) is 0. The zero-order valence-corrected chi connectivity index (χ0v) is 11.7. The average molecular weight is 266 g/mol. The predicted octanol–water partition coefficient (Wildman–Crippen LogP) is 0.396. The van der Waals surface area contributed by atoms with Crippen LogP contribution in [0.4, 0.5) is 0 Å².